The molecule has 1 aliphatic heterocycles. The number of likely N-dealkylation sites (N-methyl/N-ethyl adjacent to an activating group) is 1. The van der Waals surface area contributed by atoms with E-state index in [-0.39, 0.29) is 0 Å². The average Bonchev–Trinajstić information content (AvgIpc) is 3.05. The summed E-state index contributed by atoms with van der Waals surface area (Å²) in [5, 5.41) is 3.50. The lowest BCUT2D eigenvalue weighted by Gasteiger charge is -2.26. The van der Waals surface area contributed by atoms with Gasteiger partial charge in [-0.2, -0.15) is 0 Å². The normalized spacial score (nSPS) is 22.2. The molecule has 2 rings (SSSR count). The molecule has 18 heavy (non-hydrogen) atoms. The Bertz CT molecular complexity index is 265. The Morgan fingerprint density at radius 3 is 2.50 bits per heavy atom. The van der Waals surface area contributed by atoms with Crippen LogP contribution >= 0.6 is 0 Å². The van der Waals surface area contributed by atoms with E-state index in [0.29, 0.717) is 0 Å². The topological polar surface area (TPSA) is 30.9 Å². The van der Waals surface area contributed by atoms with Crippen LogP contribution in [-0.4, -0.2) is 62.1 Å². The van der Waals surface area contributed by atoms with Crippen molar-refractivity contribution in [2.24, 2.45) is 4.99 Å². The van der Waals surface area contributed by atoms with Gasteiger partial charge in [-0.05, 0) is 32.7 Å². The first-order valence-corrected chi connectivity index (χ1v) is 7.47. The quantitative estimate of drug-likeness (QED) is 0.608. The lowest BCUT2D eigenvalue weighted by molar-refractivity contribution is 0.248. The molecule has 104 valence electrons. The highest BCUT2D eigenvalue weighted by Gasteiger charge is 2.19. The van der Waals surface area contributed by atoms with Crippen LogP contribution in [0.1, 0.15) is 38.5 Å². The third-order valence-corrected chi connectivity index (χ3v) is 4.31. The SMILES string of the molecule is CN=C(NCCN(C)C1CCCC1)N1CCCC1. The summed E-state index contributed by atoms with van der Waals surface area (Å²) in [6.45, 7) is 4.46. The van der Waals surface area contributed by atoms with Gasteiger partial charge >= 0.3 is 0 Å². The van der Waals surface area contributed by atoms with Crippen molar-refractivity contribution in [3.63, 3.8) is 0 Å². The van der Waals surface area contributed by atoms with Crippen LogP contribution in [0.5, 0.6) is 0 Å². The van der Waals surface area contributed by atoms with Crippen molar-refractivity contribution in [1.82, 2.24) is 15.1 Å². The predicted octanol–water partition coefficient (Wildman–Crippen LogP) is 1.53. The van der Waals surface area contributed by atoms with Crippen LogP contribution in [0.2, 0.25) is 0 Å². The van der Waals surface area contributed by atoms with Gasteiger partial charge in [-0.15, -0.1) is 0 Å². The van der Waals surface area contributed by atoms with Gasteiger partial charge < -0.3 is 15.1 Å². The Balaban J connectivity index is 1.66. The Labute approximate surface area is 111 Å². The number of likely N-dealkylation sites (tertiary alicyclic amines) is 1. The van der Waals surface area contributed by atoms with Gasteiger partial charge in [0.2, 0.25) is 0 Å². The molecule has 0 radical (unpaired) electrons. The molecule has 0 amide bonds. The van der Waals surface area contributed by atoms with Crippen LogP contribution in [-0.2, 0) is 0 Å². The van der Waals surface area contributed by atoms with E-state index in [1.807, 2.05) is 7.05 Å². The lowest BCUT2D eigenvalue weighted by Crippen LogP contribution is -2.43. The van der Waals surface area contributed by atoms with Crippen LogP contribution in [0.25, 0.3) is 0 Å². The fraction of sp³-hybridized carbons (Fsp3) is 0.929. The van der Waals surface area contributed by atoms with E-state index in [1.165, 1.54) is 38.5 Å². The molecule has 2 fully saturated rings. The minimum absolute atomic E-state index is 0.820. The zero-order chi connectivity index (χ0) is 12.8. The van der Waals surface area contributed by atoms with Gasteiger partial charge in [-0.25, -0.2) is 0 Å². The Kier molecular flexibility index (Phi) is 5.29. The van der Waals surface area contributed by atoms with Gasteiger partial charge in [0.05, 0.1) is 0 Å². The van der Waals surface area contributed by atoms with Crippen molar-refractivity contribution >= 4 is 5.96 Å². The number of guanidine groups is 1. The van der Waals surface area contributed by atoms with Gasteiger partial charge in [0, 0.05) is 39.3 Å². The first-order chi connectivity index (χ1) is 8.81. The highest BCUT2D eigenvalue weighted by molar-refractivity contribution is 5.80. The summed E-state index contributed by atoms with van der Waals surface area (Å²) in [6.07, 6.45) is 8.22. The predicted molar refractivity (Wildman–Crippen MR) is 77.1 cm³/mol. The summed E-state index contributed by atoms with van der Waals surface area (Å²) < 4.78 is 0. The molecule has 1 saturated heterocycles. The van der Waals surface area contributed by atoms with Gasteiger partial charge in [0.15, 0.2) is 5.96 Å². The van der Waals surface area contributed by atoms with Crippen molar-refractivity contribution in [1.29, 1.82) is 0 Å². The molecule has 2 aliphatic rings. The molecule has 0 aromatic rings. The number of aliphatic imine (C=N–C) groups is 1. The maximum Gasteiger partial charge on any atom is 0.193 e. The second-order valence-electron chi connectivity index (χ2n) is 5.59. The summed E-state index contributed by atoms with van der Waals surface area (Å²) in [4.78, 5) is 9.26. The maximum absolute atomic E-state index is 4.38. The number of hydrogen-bond donors (Lipinski definition) is 1. The first kappa shape index (κ1) is 13.7. The lowest BCUT2D eigenvalue weighted by atomic mass is 10.2. The van der Waals surface area contributed by atoms with Crippen LogP contribution in [0, 0.1) is 0 Å². The second kappa shape index (κ2) is 6.98. The molecular weight excluding hydrogens is 224 g/mol. The second-order valence-corrected chi connectivity index (χ2v) is 5.59. The smallest absolute Gasteiger partial charge is 0.193 e. The number of hydrogen-bond acceptors (Lipinski definition) is 2. The fourth-order valence-corrected chi connectivity index (χ4v) is 3.13. The molecule has 1 aliphatic carbocycles. The van der Waals surface area contributed by atoms with Gasteiger partial charge in [-0.3, -0.25) is 4.99 Å². The number of rotatable bonds is 4. The zero-order valence-electron chi connectivity index (χ0n) is 12.0. The monoisotopic (exact) mass is 252 g/mol. The van der Waals surface area contributed by atoms with Gasteiger partial charge in [0.25, 0.3) is 0 Å². The van der Waals surface area contributed by atoms with Crippen molar-refractivity contribution in [2.45, 2.75) is 44.6 Å². The first-order valence-electron chi connectivity index (χ1n) is 7.47. The Hall–Kier alpha value is -0.770. The molecule has 0 aromatic carbocycles. The van der Waals surface area contributed by atoms with E-state index >= 15 is 0 Å². The fourth-order valence-electron chi connectivity index (χ4n) is 3.13. The standard InChI is InChI=1S/C14H28N4/c1-15-14(18-10-5-6-11-18)16-9-12-17(2)13-7-3-4-8-13/h13H,3-12H2,1-2H3,(H,15,16). The minimum Gasteiger partial charge on any atom is -0.355 e. The molecule has 0 spiro atoms. The molecular formula is C14H28N4. The van der Waals surface area contributed by atoms with E-state index in [2.05, 4.69) is 27.2 Å². The largest absolute Gasteiger partial charge is 0.355 e. The average molecular weight is 252 g/mol. The molecule has 4 heteroatoms. The molecule has 1 heterocycles. The van der Waals surface area contributed by atoms with Crippen LogP contribution in [0.4, 0.5) is 0 Å². The summed E-state index contributed by atoms with van der Waals surface area (Å²) in [5.74, 6) is 1.09. The van der Waals surface area contributed by atoms with Gasteiger partial charge in [-0.1, -0.05) is 12.8 Å². The molecule has 1 saturated carbocycles. The summed E-state index contributed by atoms with van der Waals surface area (Å²) in [7, 11) is 4.15. The van der Waals surface area contributed by atoms with Crippen molar-refractivity contribution in [2.75, 3.05) is 40.3 Å². The Morgan fingerprint density at radius 2 is 1.89 bits per heavy atom. The van der Waals surface area contributed by atoms with Crippen molar-refractivity contribution in [3.05, 3.63) is 0 Å². The van der Waals surface area contributed by atoms with Crippen LogP contribution in [0.15, 0.2) is 4.99 Å². The third-order valence-electron chi connectivity index (χ3n) is 4.31. The summed E-state index contributed by atoms with van der Waals surface area (Å²) >= 11 is 0. The van der Waals surface area contributed by atoms with Gasteiger partial charge in [0.1, 0.15) is 0 Å². The van der Waals surface area contributed by atoms with E-state index in [9.17, 15) is 0 Å². The maximum atomic E-state index is 4.38. The molecule has 1 N–H and O–H groups in total. The summed E-state index contributed by atoms with van der Waals surface area (Å²) in [6, 6.07) is 0.820. The summed E-state index contributed by atoms with van der Waals surface area (Å²) in [5.41, 5.74) is 0. The molecule has 4 nitrogen and oxygen atoms in total. The van der Waals surface area contributed by atoms with E-state index in [1.54, 1.807) is 0 Å². The zero-order valence-corrected chi connectivity index (χ0v) is 12.0. The van der Waals surface area contributed by atoms with E-state index < -0.39 is 0 Å². The van der Waals surface area contributed by atoms with E-state index in [0.717, 1.165) is 38.2 Å². The van der Waals surface area contributed by atoms with E-state index in [4.69, 9.17) is 0 Å². The van der Waals surface area contributed by atoms with Crippen molar-refractivity contribution < 1.29 is 0 Å². The van der Waals surface area contributed by atoms with Crippen LogP contribution < -0.4 is 5.32 Å². The van der Waals surface area contributed by atoms with Crippen LogP contribution in [0.3, 0.4) is 0 Å². The minimum atomic E-state index is 0.820. The number of nitrogens with zero attached hydrogens (tertiary/aromatic N) is 3. The molecule has 0 unspecified atom stereocenters. The molecule has 0 aromatic heterocycles. The third kappa shape index (κ3) is 3.61. The number of nitrogens with one attached hydrogen (secondary N) is 1. The Morgan fingerprint density at radius 1 is 1.22 bits per heavy atom. The highest BCUT2D eigenvalue weighted by Crippen LogP contribution is 2.21. The highest BCUT2D eigenvalue weighted by atomic mass is 15.3. The molecule has 0 bridgehead atoms. The van der Waals surface area contributed by atoms with Crippen molar-refractivity contribution in [3.8, 4) is 0 Å². The molecule has 0 atom stereocenters.